The van der Waals surface area contributed by atoms with Gasteiger partial charge in [0.25, 0.3) is 0 Å². The maximum atomic E-state index is 11.3. The van der Waals surface area contributed by atoms with E-state index in [0.29, 0.717) is 6.42 Å². The van der Waals surface area contributed by atoms with Gasteiger partial charge < -0.3 is 9.47 Å². The zero-order chi connectivity index (χ0) is 8.55. The highest BCUT2D eigenvalue weighted by molar-refractivity contribution is 5.76. The van der Waals surface area contributed by atoms with Crippen molar-refractivity contribution >= 4 is 5.91 Å². The van der Waals surface area contributed by atoms with Gasteiger partial charge in [-0.2, -0.15) is 0 Å². The first-order chi connectivity index (χ1) is 5.77. The van der Waals surface area contributed by atoms with E-state index < -0.39 is 0 Å². The summed E-state index contributed by atoms with van der Waals surface area (Å²) >= 11 is 0. The van der Waals surface area contributed by atoms with Gasteiger partial charge in [0, 0.05) is 31.9 Å². The summed E-state index contributed by atoms with van der Waals surface area (Å²) in [4.78, 5) is 13.1. The molecule has 0 N–H and O–H groups in total. The summed E-state index contributed by atoms with van der Waals surface area (Å²) in [5.74, 6) is 0.235. The zero-order valence-corrected chi connectivity index (χ0v) is 7.16. The van der Waals surface area contributed by atoms with Gasteiger partial charge in [-0.25, -0.2) is 0 Å². The minimum atomic E-state index is 0.235. The molecule has 0 saturated heterocycles. The number of aromatic nitrogens is 1. The lowest BCUT2D eigenvalue weighted by atomic mass is 10.4. The van der Waals surface area contributed by atoms with Crippen molar-refractivity contribution in [2.75, 3.05) is 7.05 Å². The molecular weight excluding hydrogens is 152 g/mol. The standard InChI is InChI=1S/C9H12N2O/c1-10-7-8-3-2-5-11(8)6-4-9(10)12/h2-3,5H,4,6-7H2,1H3. The van der Waals surface area contributed by atoms with E-state index in [1.807, 2.05) is 19.3 Å². The van der Waals surface area contributed by atoms with Crippen LogP contribution >= 0.6 is 0 Å². The molecule has 12 heavy (non-hydrogen) atoms. The molecule has 2 heterocycles. The minimum absolute atomic E-state index is 0.235. The number of hydrogen-bond acceptors (Lipinski definition) is 1. The summed E-state index contributed by atoms with van der Waals surface area (Å²) < 4.78 is 2.14. The molecule has 3 heteroatoms. The fraction of sp³-hybridized carbons (Fsp3) is 0.444. The number of hydrogen-bond donors (Lipinski definition) is 0. The molecule has 2 rings (SSSR count). The number of carbonyl (C=O) groups is 1. The first kappa shape index (κ1) is 7.40. The van der Waals surface area contributed by atoms with Crippen molar-refractivity contribution in [1.29, 1.82) is 0 Å². The van der Waals surface area contributed by atoms with Crippen LogP contribution in [0.4, 0.5) is 0 Å². The van der Waals surface area contributed by atoms with Gasteiger partial charge in [0.15, 0.2) is 0 Å². The predicted octanol–water partition coefficient (Wildman–Crippen LogP) is 0.850. The number of carbonyl (C=O) groups excluding carboxylic acids is 1. The van der Waals surface area contributed by atoms with Crippen LogP contribution in [0.5, 0.6) is 0 Å². The SMILES string of the molecule is CN1Cc2cccn2CCC1=O. The fourth-order valence-corrected chi connectivity index (χ4v) is 1.55. The third-order valence-corrected chi connectivity index (χ3v) is 2.32. The van der Waals surface area contributed by atoms with Crippen molar-refractivity contribution in [1.82, 2.24) is 9.47 Å². The summed E-state index contributed by atoms with van der Waals surface area (Å²) in [5, 5.41) is 0. The molecule has 0 bridgehead atoms. The Kier molecular flexibility index (Phi) is 1.64. The highest BCUT2D eigenvalue weighted by Gasteiger charge is 2.15. The van der Waals surface area contributed by atoms with E-state index >= 15 is 0 Å². The van der Waals surface area contributed by atoms with Gasteiger partial charge in [-0.3, -0.25) is 4.79 Å². The largest absolute Gasteiger partial charge is 0.349 e. The van der Waals surface area contributed by atoms with E-state index in [2.05, 4.69) is 10.6 Å². The molecule has 1 aliphatic rings. The lowest BCUT2D eigenvalue weighted by Gasteiger charge is -2.12. The third kappa shape index (κ3) is 1.11. The predicted molar refractivity (Wildman–Crippen MR) is 45.5 cm³/mol. The first-order valence-electron chi connectivity index (χ1n) is 4.15. The smallest absolute Gasteiger partial charge is 0.224 e. The summed E-state index contributed by atoms with van der Waals surface area (Å²) in [6.07, 6.45) is 2.65. The van der Waals surface area contributed by atoms with Gasteiger partial charge in [-0.1, -0.05) is 0 Å². The van der Waals surface area contributed by atoms with Gasteiger partial charge in [-0.15, -0.1) is 0 Å². The van der Waals surface area contributed by atoms with Crippen molar-refractivity contribution in [3.05, 3.63) is 24.0 Å². The lowest BCUT2D eigenvalue weighted by Crippen LogP contribution is -2.23. The highest BCUT2D eigenvalue weighted by atomic mass is 16.2. The molecule has 0 saturated carbocycles. The molecule has 3 nitrogen and oxygen atoms in total. The monoisotopic (exact) mass is 164 g/mol. The van der Waals surface area contributed by atoms with Crippen molar-refractivity contribution in [3.8, 4) is 0 Å². The normalized spacial score (nSPS) is 17.4. The average Bonchev–Trinajstić information content (AvgIpc) is 2.43. The van der Waals surface area contributed by atoms with Crippen LogP contribution in [0.25, 0.3) is 0 Å². The second kappa shape index (κ2) is 2.66. The van der Waals surface area contributed by atoms with Crippen LogP contribution in [0.3, 0.4) is 0 Å². The van der Waals surface area contributed by atoms with E-state index in [-0.39, 0.29) is 5.91 Å². The van der Waals surface area contributed by atoms with E-state index in [4.69, 9.17) is 0 Å². The molecule has 1 aromatic rings. The molecule has 0 spiro atoms. The molecule has 0 radical (unpaired) electrons. The molecule has 0 atom stereocenters. The van der Waals surface area contributed by atoms with Crippen molar-refractivity contribution in [3.63, 3.8) is 0 Å². The van der Waals surface area contributed by atoms with Gasteiger partial charge >= 0.3 is 0 Å². The molecular formula is C9H12N2O. The van der Waals surface area contributed by atoms with Crippen LogP contribution in [0, 0.1) is 0 Å². The lowest BCUT2D eigenvalue weighted by molar-refractivity contribution is -0.130. The van der Waals surface area contributed by atoms with E-state index in [1.54, 1.807) is 4.90 Å². The van der Waals surface area contributed by atoms with E-state index in [1.165, 1.54) is 5.69 Å². The van der Waals surface area contributed by atoms with Crippen LogP contribution in [-0.4, -0.2) is 22.4 Å². The molecule has 0 aromatic carbocycles. The van der Waals surface area contributed by atoms with Crippen LogP contribution in [0.2, 0.25) is 0 Å². The van der Waals surface area contributed by atoms with Crippen molar-refractivity contribution in [2.24, 2.45) is 0 Å². The third-order valence-electron chi connectivity index (χ3n) is 2.32. The minimum Gasteiger partial charge on any atom is -0.349 e. The second-order valence-corrected chi connectivity index (χ2v) is 3.19. The molecule has 1 amide bonds. The highest BCUT2D eigenvalue weighted by Crippen LogP contribution is 2.11. The van der Waals surface area contributed by atoms with E-state index in [0.717, 1.165) is 13.1 Å². The van der Waals surface area contributed by atoms with Gasteiger partial charge in [0.05, 0.1) is 6.54 Å². The summed E-state index contributed by atoms with van der Waals surface area (Å²) in [5.41, 5.74) is 1.23. The number of fused-ring (bicyclic) bond motifs is 1. The Morgan fingerprint density at radius 3 is 3.17 bits per heavy atom. The quantitative estimate of drug-likeness (QED) is 0.558. The van der Waals surface area contributed by atoms with Crippen LogP contribution < -0.4 is 0 Å². The number of rotatable bonds is 0. The molecule has 0 unspecified atom stereocenters. The Labute approximate surface area is 71.6 Å². The van der Waals surface area contributed by atoms with Gasteiger partial charge in [-0.05, 0) is 12.1 Å². The average molecular weight is 164 g/mol. The van der Waals surface area contributed by atoms with E-state index in [9.17, 15) is 4.79 Å². The Morgan fingerprint density at radius 2 is 2.33 bits per heavy atom. The first-order valence-corrected chi connectivity index (χ1v) is 4.15. The van der Waals surface area contributed by atoms with Crippen molar-refractivity contribution in [2.45, 2.75) is 19.5 Å². The maximum absolute atomic E-state index is 11.3. The molecule has 0 fully saturated rings. The van der Waals surface area contributed by atoms with Gasteiger partial charge in [0.2, 0.25) is 5.91 Å². The number of nitrogens with zero attached hydrogens (tertiary/aromatic N) is 2. The Hall–Kier alpha value is -1.25. The van der Waals surface area contributed by atoms with Crippen molar-refractivity contribution < 1.29 is 4.79 Å². The maximum Gasteiger partial charge on any atom is 0.224 e. The Balaban J connectivity index is 2.30. The Morgan fingerprint density at radius 1 is 1.50 bits per heavy atom. The second-order valence-electron chi connectivity index (χ2n) is 3.19. The summed E-state index contributed by atoms with van der Waals surface area (Å²) in [6, 6.07) is 4.09. The summed E-state index contributed by atoms with van der Waals surface area (Å²) in [6.45, 7) is 1.57. The topological polar surface area (TPSA) is 25.2 Å². The number of amides is 1. The molecule has 1 aliphatic heterocycles. The zero-order valence-electron chi connectivity index (χ0n) is 7.16. The molecule has 0 aliphatic carbocycles. The molecule has 64 valence electrons. The summed E-state index contributed by atoms with van der Waals surface area (Å²) in [7, 11) is 1.85. The van der Waals surface area contributed by atoms with Gasteiger partial charge in [0.1, 0.15) is 0 Å². The van der Waals surface area contributed by atoms with Crippen LogP contribution in [0.1, 0.15) is 12.1 Å². The molecule has 1 aromatic heterocycles. The number of aryl methyl sites for hydroxylation is 1. The van der Waals surface area contributed by atoms with Crippen LogP contribution in [0.15, 0.2) is 18.3 Å². The Bertz CT molecular complexity index is 303. The fourth-order valence-electron chi connectivity index (χ4n) is 1.55. The van der Waals surface area contributed by atoms with Crippen LogP contribution in [-0.2, 0) is 17.9 Å².